The molecule has 13 heteroatoms. The Morgan fingerprint density at radius 2 is 1.19 bits per heavy atom. The monoisotopic (exact) mass is 1060 g/mol. The summed E-state index contributed by atoms with van der Waals surface area (Å²) in [6.45, 7) is 16.5. The first kappa shape index (κ1) is 57.0. The normalized spacial score (nSPS) is 12.3. The van der Waals surface area contributed by atoms with Gasteiger partial charge in [-0.15, -0.1) is 0 Å². The third-order valence-electron chi connectivity index (χ3n) is 13.5. The molecule has 0 unspecified atom stereocenters. The van der Waals surface area contributed by atoms with Crippen molar-refractivity contribution in [3.05, 3.63) is 178 Å². The van der Waals surface area contributed by atoms with Crippen molar-refractivity contribution in [2.75, 3.05) is 41.8 Å². The first-order valence-corrected chi connectivity index (χ1v) is 28.1. The van der Waals surface area contributed by atoms with Gasteiger partial charge < -0.3 is 29.4 Å². The summed E-state index contributed by atoms with van der Waals surface area (Å²) < 4.78 is 57.6. The second kappa shape index (κ2) is 27.9. The standard InChI is InChI=1S/C64H72N4O8S/c1-46-23-13-16-26-60(46)67(41-19-9-7-11-21-43-74-55-35-30-52(31-36-55)65-50(5)69)48(3)29-39-57-49(4)76-62-45-54(34-40-58(62)64(57)59-25-15-18-28-63(59)77(71,72)73)68(61-27-17-14-24-47(61)2)42-20-10-8-12-22-44-75-56-37-32-53(33-38-56)66-51(6)70/h13-18,23-40,45H,4,7-12,19-22,41-44H2,1-3,5-6H3,(H2-,65,66,69,70,71,72,73)/p+1. The van der Waals surface area contributed by atoms with Crippen LogP contribution in [0, 0.1) is 13.8 Å². The average molecular weight is 1060 g/mol. The number of amides is 2. The number of unbranched alkanes of at least 4 members (excludes halogenated alkanes) is 8. The first-order valence-electron chi connectivity index (χ1n) is 26.7. The number of nitrogens with zero attached hydrogens (tertiary/aromatic N) is 2. The van der Waals surface area contributed by atoms with Gasteiger partial charge in [0, 0.05) is 89.2 Å². The minimum absolute atomic E-state index is 0.108. The number of aryl methyl sites for hydroxylation is 2. The SMILES string of the molecule is C=c1oc2cc(=[N+](CCCCCCCOc3ccc(NC(C)=O)cc3)c3ccccc3C)ccc-2c(-c2ccccc2S(=O)(=O)O)/c1=C/C=C(\C)N(CCCCCCCOc1ccc(NC(C)=O)cc1)c1ccccc1C. The lowest BCUT2D eigenvalue weighted by Crippen LogP contribution is -2.30. The van der Waals surface area contributed by atoms with Crippen LogP contribution >= 0.6 is 0 Å². The Balaban J connectivity index is 1.12. The maximum Gasteiger partial charge on any atom is 0.295 e. The van der Waals surface area contributed by atoms with Gasteiger partial charge in [-0.25, -0.2) is 0 Å². The third kappa shape index (κ3) is 16.4. The van der Waals surface area contributed by atoms with E-state index in [-0.39, 0.29) is 16.7 Å². The van der Waals surface area contributed by atoms with Crippen LogP contribution in [0.4, 0.5) is 22.7 Å². The molecule has 402 valence electrons. The van der Waals surface area contributed by atoms with Crippen LogP contribution in [0.1, 0.15) is 96.1 Å². The number of fused-ring (bicyclic) bond motifs is 1. The van der Waals surface area contributed by atoms with Crippen molar-refractivity contribution >= 4 is 57.3 Å². The fourth-order valence-electron chi connectivity index (χ4n) is 9.57. The van der Waals surface area contributed by atoms with Gasteiger partial charge in [0.1, 0.15) is 34.1 Å². The van der Waals surface area contributed by atoms with Crippen LogP contribution in [-0.4, -0.2) is 51.1 Å². The van der Waals surface area contributed by atoms with Gasteiger partial charge in [0.15, 0.2) is 0 Å². The molecule has 0 fully saturated rings. The number of para-hydroxylation sites is 2. The number of carbonyl (C=O) groups excluding carboxylic acids is 2. The molecule has 0 saturated heterocycles. The highest BCUT2D eigenvalue weighted by Gasteiger charge is 2.24. The van der Waals surface area contributed by atoms with Gasteiger partial charge in [0.2, 0.25) is 22.9 Å². The molecule has 5 aromatic rings. The number of benzene rings is 6. The molecule has 0 aromatic heterocycles. The van der Waals surface area contributed by atoms with Crippen LogP contribution in [0.5, 0.6) is 11.5 Å². The number of allylic oxidation sites excluding steroid dienone is 2. The van der Waals surface area contributed by atoms with E-state index in [1.165, 1.54) is 19.9 Å². The minimum atomic E-state index is -4.64. The van der Waals surface area contributed by atoms with Crippen LogP contribution in [-0.2, 0) is 19.7 Å². The molecule has 12 nitrogen and oxygen atoms in total. The zero-order chi connectivity index (χ0) is 54.7. The van der Waals surface area contributed by atoms with Crippen molar-refractivity contribution in [3.8, 4) is 33.9 Å². The summed E-state index contributed by atoms with van der Waals surface area (Å²) in [5, 5.41) is 7.06. The van der Waals surface area contributed by atoms with Gasteiger partial charge in [-0.3, -0.25) is 14.1 Å². The van der Waals surface area contributed by atoms with Crippen molar-refractivity contribution in [2.24, 2.45) is 0 Å². The highest BCUT2D eigenvalue weighted by molar-refractivity contribution is 7.86. The second-order valence-corrected chi connectivity index (χ2v) is 20.9. The zero-order valence-corrected chi connectivity index (χ0v) is 46.0. The Kier molecular flexibility index (Phi) is 20.6. The number of carbonyl (C=O) groups is 2. The van der Waals surface area contributed by atoms with Gasteiger partial charge in [-0.05, 0) is 131 Å². The maximum absolute atomic E-state index is 13.1. The van der Waals surface area contributed by atoms with E-state index in [0.29, 0.717) is 46.3 Å². The Bertz CT molecular complexity index is 3420. The topological polar surface area (TPSA) is 150 Å². The summed E-state index contributed by atoms with van der Waals surface area (Å²) in [6.07, 6.45) is 14.0. The second-order valence-electron chi connectivity index (χ2n) is 19.5. The van der Waals surface area contributed by atoms with Crippen molar-refractivity contribution in [1.82, 2.24) is 4.58 Å². The molecule has 0 atom stereocenters. The Labute approximate surface area is 454 Å². The van der Waals surface area contributed by atoms with Gasteiger partial charge in [0.25, 0.3) is 10.1 Å². The van der Waals surface area contributed by atoms with Gasteiger partial charge in [-0.1, -0.05) is 93.3 Å². The summed E-state index contributed by atoms with van der Waals surface area (Å²) in [7, 11) is -4.64. The molecule has 7 rings (SSSR count). The van der Waals surface area contributed by atoms with E-state index in [1.807, 2.05) is 97.1 Å². The first-order chi connectivity index (χ1) is 37.2. The smallest absolute Gasteiger partial charge is 0.295 e. The molecule has 0 spiro atoms. The largest absolute Gasteiger partial charge is 0.494 e. The molecule has 0 saturated carbocycles. The summed E-state index contributed by atoms with van der Waals surface area (Å²) in [4.78, 5) is 24.8. The highest BCUT2D eigenvalue weighted by Crippen LogP contribution is 2.34. The van der Waals surface area contributed by atoms with Gasteiger partial charge in [-0.2, -0.15) is 13.0 Å². The lowest BCUT2D eigenvalue weighted by Gasteiger charge is -2.27. The van der Waals surface area contributed by atoms with Crippen molar-refractivity contribution in [2.45, 2.75) is 104 Å². The zero-order valence-electron chi connectivity index (χ0n) is 45.1. The molecule has 1 aliphatic heterocycles. The molecule has 3 N–H and O–H groups in total. The average Bonchev–Trinajstić information content (AvgIpc) is 3.47. The lowest BCUT2D eigenvalue weighted by molar-refractivity contribution is -0.115. The quantitative estimate of drug-likeness (QED) is 0.0274. The Hall–Kier alpha value is -7.74. The van der Waals surface area contributed by atoms with Crippen LogP contribution in [0.2, 0.25) is 0 Å². The maximum atomic E-state index is 13.1. The predicted octanol–water partition coefficient (Wildman–Crippen LogP) is 12.6. The number of hydrogen-bond donors (Lipinski definition) is 3. The molecule has 5 aromatic carbocycles. The number of rotatable bonds is 26. The third-order valence-corrected chi connectivity index (χ3v) is 14.4. The van der Waals surface area contributed by atoms with Crippen LogP contribution in [0.15, 0.2) is 161 Å². The summed E-state index contributed by atoms with van der Waals surface area (Å²) in [6, 6.07) is 44.0. The van der Waals surface area contributed by atoms with Gasteiger partial charge in [0.05, 0.1) is 19.3 Å². The summed E-state index contributed by atoms with van der Waals surface area (Å²) in [5.41, 5.74) is 8.86. The number of hydrogen-bond acceptors (Lipinski definition) is 8. The highest BCUT2D eigenvalue weighted by atomic mass is 32.2. The molecule has 1 heterocycles. The van der Waals surface area contributed by atoms with E-state index in [1.54, 1.807) is 18.2 Å². The van der Waals surface area contributed by atoms with Crippen molar-refractivity contribution in [3.63, 3.8) is 0 Å². The van der Waals surface area contributed by atoms with E-state index in [0.717, 1.165) is 134 Å². The molecule has 77 heavy (non-hydrogen) atoms. The van der Waals surface area contributed by atoms with E-state index in [2.05, 4.69) is 77.8 Å². The fourth-order valence-corrected chi connectivity index (χ4v) is 10.3. The van der Waals surface area contributed by atoms with E-state index in [4.69, 9.17) is 13.9 Å². The van der Waals surface area contributed by atoms with E-state index in [9.17, 15) is 22.6 Å². The van der Waals surface area contributed by atoms with Crippen LogP contribution < -0.4 is 45.6 Å². The molecule has 0 radical (unpaired) electrons. The number of nitrogens with one attached hydrogen (secondary N) is 2. The lowest BCUT2D eigenvalue weighted by atomic mass is 9.95. The van der Waals surface area contributed by atoms with Crippen molar-refractivity contribution < 1.29 is 36.5 Å². The fraction of sp³-hybridized carbons (Fsp3) is 0.297. The molecule has 1 aliphatic carbocycles. The Morgan fingerprint density at radius 3 is 1.79 bits per heavy atom. The van der Waals surface area contributed by atoms with Crippen LogP contribution in [0.3, 0.4) is 0 Å². The van der Waals surface area contributed by atoms with Crippen molar-refractivity contribution in [1.29, 1.82) is 0 Å². The summed E-state index contributed by atoms with van der Waals surface area (Å²) in [5.74, 6) is 1.86. The Morgan fingerprint density at radius 1 is 0.649 bits per heavy atom. The predicted molar refractivity (Wildman–Crippen MR) is 312 cm³/mol. The number of anilines is 3. The molecule has 2 aliphatic rings. The van der Waals surface area contributed by atoms with Gasteiger partial charge >= 0.3 is 0 Å². The molecule has 2 amide bonds. The molecule has 0 bridgehead atoms. The molecular formula is C64H73N4O8S+. The van der Waals surface area contributed by atoms with E-state index >= 15 is 0 Å². The van der Waals surface area contributed by atoms with E-state index < -0.39 is 10.1 Å². The molecular weight excluding hydrogens is 985 g/mol. The number of ether oxygens (including phenoxy) is 2. The minimum Gasteiger partial charge on any atom is -0.494 e. The summed E-state index contributed by atoms with van der Waals surface area (Å²) >= 11 is 0. The van der Waals surface area contributed by atoms with Crippen LogP contribution in [0.25, 0.3) is 35.1 Å².